The molecular formula is C15H13F3O. The lowest BCUT2D eigenvalue weighted by molar-refractivity contribution is -0.137. The Bertz CT molecular complexity index is 571. The van der Waals surface area contributed by atoms with Crippen LogP contribution in [-0.4, -0.2) is 0 Å². The number of hydrogen-bond acceptors (Lipinski definition) is 1. The molecule has 0 amide bonds. The normalized spacial score (nSPS) is 11.4. The quantitative estimate of drug-likeness (QED) is 0.733. The van der Waals surface area contributed by atoms with Crippen molar-refractivity contribution in [3.8, 4) is 11.5 Å². The minimum Gasteiger partial charge on any atom is -0.457 e. The van der Waals surface area contributed by atoms with Crippen molar-refractivity contribution in [2.24, 2.45) is 0 Å². The summed E-state index contributed by atoms with van der Waals surface area (Å²) in [6.07, 6.45) is -4.36. The molecular weight excluding hydrogens is 253 g/mol. The lowest BCUT2D eigenvalue weighted by atomic mass is 10.1. The molecule has 2 rings (SSSR count). The van der Waals surface area contributed by atoms with Crippen molar-refractivity contribution in [2.75, 3.05) is 0 Å². The Hall–Kier alpha value is -1.97. The van der Waals surface area contributed by atoms with E-state index in [0.717, 1.165) is 17.7 Å². The maximum absolute atomic E-state index is 12.7. The summed E-state index contributed by atoms with van der Waals surface area (Å²) in [7, 11) is 0. The number of hydrogen-bond donors (Lipinski definition) is 0. The molecule has 0 aliphatic heterocycles. The fourth-order valence-electron chi connectivity index (χ4n) is 1.71. The summed E-state index contributed by atoms with van der Waals surface area (Å²) in [4.78, 5) is 0. The van der Waals surface area contributed by atoms with Gasteiger partial charge in [-0.2, -0.15) is 13.2 Å². The molecule has 0 spiro atoms. The molecule has 0 fully saturated rings. The van der Waals surface area contributed by atoms with Gasteiger partial charge in [0.2, 0.25) is 0 Å². The summed E-state index contributed by atoms with van der Waals surface area (Å²) in [5, 5.41) is 0. The first-order chi connectivity index (χ1) is 8.84. The summed E-state index contributed by atoms with van der Waals surface area (Å²) < 4.78 is 43.5. The second kappa shape index (κ2) is 4.96. The second-order valence-electron chi connectivity index (χ2n) is 4.45. The molecule has 0 aromatic heterocycles. The smallest absolute Gasteiger partial charge is 0.416 e. The largest absolute Gasteiger partial charge is 0.457 e. The van der Waals surface area contributed by atoms with E-state index >= 15 is 0 Å². The predicted octanol–water partition coefficient (Wildman–Crippen LogP) is 5.11. The summed E-state index contributed by atoms with van der Waals surface area (Å²) >= 11 is 0. The molecule has 0 N–H and O–H groups in total. The van der Waals surface area contributed by atoms with Crippen LogP contribution in [0.25, 0.3) is 0 Å². The van der Waals surface area contributed by atoms with E-state index in [4.69, 9.17) is 4.74 Å². The number of rotatable bonds is 2. The highest BCUT2D eigenvalue weighted by Gasteiger charge is 2.31. The molecule has 0 saturated heterocycles. The van der Waals surface area contributed by atoms with Crippen molar-refractivity contribution in [3.05, 3.63) is 59.2 Å². The number of alkyl halides is 3. The third-order valence-corrected chi connectivity index (χ3v) is 2.63. The fourth-order valence-corrected chi connectivity index (χ4v) is 1.71. The van der Waals surface area contributed by atoms with Gasteiger partial charge in [-0.3, -0.25) is 0 Å². The van der Waals surface area contributed by atoms with Gasteiger partial charge in [0.25, 0.3) is 0 Å². The van der Waals surface area contributed by atoms with Gasteiger partial charge in [-0.1, -0.05) is 17.7 Å². The Balaban J connectivity index is 2.30. The summed E-state index contributed by atoms with van der Waals surface area (Å²) in [6, 6.07) is 10.8. The second-order valence-corrected chi connectivity index (χ2v) is 4.45. The van der Waals surface area contributed by atoms with Crippen molar-refractivity contribution >= 4 is 0 Å². The molecule has 1 nitrogen and oxygen atoms in total. The minimum absolute atomic E-state index is 0.191. The van der Waals surface area contributed by atoms with Gasteiger partial charge < -0.3 is 4.74 Å². The average molecular weight is 266 g/mol. The molecule has 0 heterocycles. The Kier molecular flexibility index (Phi) is 3.51. The lowest BCUT2D eigenvalue weighted by Gasteiger charge is -2.11. The highest BCUT2D eigenvalue weighted by molar-refractivity contribution is 5.39. The van der Waals surface area contributed by atoms with Crippen LogP contribution in [0.2, 0.25) is 0 Å². The van der Waals surface area contributed by atoms with Crippen LogP contribution in [0.3, 0.4) is 0 Å². The van der Waals surface area contributed by atoms with Crippen LogP contribution in [0.15, 0.2) is 42.5 Å². The molecule has 0 bridgehead atoms. The number of ether oxygens (including phenoxy) is 1. The van der Waals surface area contributed by atoms with E-state index in [2.05, 4.69) is 0 Å². The lowest BCUT2D eigenvalue weighted by Crippen LogP contribution is -2.05. The molecule has 2 aromatic carbocycles. The zero-order valence-corrected chi connectivity index (χ0v) is 10.6. The maximum Gasteiger partial charge on any atom is 0.416 e. The Labute approximate surface area is 109 Å². The van der Waals surface area contributed by atoms with Gasteiger partial charge >= 0.3 is 6.18 Å². The number of benzene rings is 2. The van der Waals surface area contributed by atoms with E-state index in [9.17, 15) is 13.2 Å². The summed E-state index contributed by atoms with van der Waals surface area (Å²) in [5.74, 6) is 0.709. The van der Waals surface area contributed by atoms with Crippen LogP contribution < -0.4 is 4.74 Å². The Morgan fingerprint density at radius 2 is 1.42 bits per heavy atom. The molecule has 0 atom stereocenters. The van der Waals surface area contributed by atoms with Gasteiger partial charge in [-0.15, -0.1) is 0 Å². The molecule has 0 aliphatic rings. The highest BCUT2D eigenvalue weighted by Crippen LogP contribution is 2.33. The minimum atomic E-state index is -4.36. The van der Waals surface area contributed by atoms with E-state index < -0.39 is 11.7 Å². The standard InChI is InChI=1S/C15H13F3O/c1-10-3-5-13(6-4-10)19-14-8-11(2)7-12(9-14)15(16,17)18/h3-9H,1-2H3. The number of halogens is 3. The monoisotopic (exact) mass is 266 g/mol. The van der Waals surface area contributed by atoms with Gasteiger partial charge in [0.1, 0.15) is 11.5 Å². The highest BCUT2D eigenvalue weighted by atomic mass is 19.4. The topological polar surface area (TPSA) is 9.23 Å². The van der Waals surface area contributed by atoms with Crippen LogP contribution >= 0.6 is 0 Å². The molecule has 2 aromatic rings. The van der Waals surface area contributed by atoms with E-state index in [0.29, 0.717) is 11.3 Å². The van der Waals surface area contributed by atoms with Gasteiger partial charge in [0, 0.05) is 0 Å². The molecule has 0 radical (unpaired) electrons. The third-order valence-electron chi connectivity index (χ3n) is 2.63. The molecule has 0 aliphatic carbocycles. The molecule has 0 saturated carbocycles. The molecule has 0 unspecified atom stereocenters. The van der Waals surface area contributed by atoms with E-state index in [1.165, 1.54) is 0 Å². The first-order valence-corrected chi connectivity index (χ1v) is 5.78. The zero-order valence-electron chi connectivity index (χ0n) is 10.6. The van der Waals surface area contributed by atoms with Crippen LogP contribution in [0.5, 0.6) is 11.5 Å². The number of aryl methyl sites for hydroxylation is 2. The van der Waals surface area contributed by atoms with Crippen molar-refractivity contribution in [1.82, 2.24) is 0 Å². The summed E-state index contributed by atoms with van der Waals surface area (Å²) in [6.45, 7) is 3.54. The van der Waals surface area contributed by atoms with Crippen LogP contribution in [-0.2, 0) is 6.18 Å². The van der Waals surface area contributed by atoms with Gasteiger partial charge in [0.15, 0.2) is 0 Å². The summed E-state index contributed by atoms with van der Waals surface area (Å²) in [5.41, 5.74) is 0.874. The SMILES string of the molecule is Cc1ccc(Oc2cc(C)cc(C(F)(F)F)c2)cc1. The molecule has 19 heavy (non-hydrogen) atoms. The maximum atomic E-state index is 12.7. The van der Waals surface area contributed by atoms with Crippen LogP contribution in [0.4, 0.5) is 13.2 Å². The molecule has 4 heteroatoms. The fraction of sp³-hybridized carbons (Fsp3) is 0.200. The Morgan fingerprint density at radius 3 is 2.00 bits per heavy atom. The third kappa shape index (κ3) is 3.50. The van der Waals surface area contributed by atoms with E-state index in [-0.39, 0.29) is 5.75 Å². The first kappa shape index (κ1) is 13.5. The van der Waals surface area contributed by atoms with Gasteiger partial charge in [-0.05, 0) is 49.7 Å². The van der Waals surface area contributed by atoms with Crippen LogP contribution in [0.1, 0.15) is 16.7 Å². The van der Waals surface area contributed by atoms with Gasteiger partial charge in [0.05, 0.1) is 5.56 Å². The molecule has 100 valence electrons. The predicted molar refractivity (Wildman–Crippen MR) is 67.4 cm³/mol. The van der Waals surface area contributed by atoms with Crippen molar-refractivity contribution < 1.29 is 17.9 Å². The average Bonchev–Trinajstić information content (AvgIpc) is 2.30. The van der Waals surface area contributed by atoms with Crippen molar-refractivity contribution in [3.63, 3.8) is 0 Å². The van der Waals surface area contributed by atoms with E-state index in [1.807, 2.05) is 19.1 Å². The Morgan fingerprint density at radius 1 is 0.789 bits per heavy atom. The van der Waals surface area contributed by atoms with E-state index in [1.54, 1.807) is 25.1 Å². The van der Waals surface area contributed by atoms with Crippen molar-refractivity contribution in [1.29, 1.82) is 0 Å². The first-order valence-electron chi connectivity index (χ1n) is 5.78. The van der Waals surface area contributed by atoms with Crippen LogP contribution in [0, 0.1) is 13.8 Å². The van der Waals surface area contributed by atoms with Crippen molar-refractivity contribution in [2.45, 2.75) is 20.0 Å². The zero-order chi connectivity index (χ0) is 14.0. The van der Waals surface area contributed by atoms with Gasteiger partial charge in [-0.25, -0.2) is 0 Å².